The van der Waals surface area contributed by atoms with Gasteiger partial charge in [-0.15, -0.1) is 24.0 Å². The Morgan fingerprint density at radius 3 is 2.33 bits per heavy atom. The average Bonchev–Trinajstić information content (AvgIpc) is 2.53. The first kappa shape index (κ1) is 22.8. The van der Waals surface area contributed by atoms with E-state index in [4.69, 9.17) is 9.47 Å². The van der Waals surface area contributed by atoms with Crippen LogP contribution in [-0.2, 0) is 10.9 Å². The van der Waals surface area contributed by atoms with Crippen LogP contribution in [0.15, 0.2) is 29.3 Å². The molecule has 0 amide bonds. The minimum Gasteiger partial charge on any atom is -0.491 e. The normalized spacial score (nSPS) is 11.6. The highest BCUT2D eigenvalue weighted by molar-refractivity contribution is 14.0. The molecule has 0 atom stereocenters. The van der Waals surface area contributed by atoms with E-state index >= 15 is 0 Å². The number of rotatable bonds is 8. The standard InChI is InChI=1S/C15H22F3N3O2.HI/c1-3-22-10-8-20-14(19-2)21-9-11-23-13-7-5-4-6-12(13)15(16,17)18;/h4-7H,3,8-11H2,1-2H3,(H2,19,20,21);1H. The van der Waals surface area contributed by atoms with E-state index in [9.17, 15) is 13.2 Å². The molecule has 24 heavy (non-hydrogen) atoms. The maximum atomic E-state index is 12.8. The Bertz CT molecular complexity index is 499. The van der Waals surface area contributed by atoms with E-state index in [2.05, 4.69) is 15.6 Å². The third-order valence-electron chi connectivity index (χ3n) is 2.81. The van der Waals surface area contributed by atoms with E-state index < -0.39 is 11.7 Å². The zero-order valence-electron chi connectivity index (χ0n) is 13.7. The fraction of sp³-hybridized carbons (Fsp3) is 0.533. The van der Waals surface area contributed by atoms with Crippen molar-refractivity contribution in [2.75, 3.05) is 40.0 Å². The second-order valence-electron chi connectivity index (χ2n) is 4.47. The molecule has 0 saturated carbocycles. The summed E-state index contributed by atoms with van der Waals surface area (Å²) in [5, 5.41) is 5.97. The van der Waals surface area contributed by atoms with Crippen LogP contribution in [-0.4, -0.2) is 45.9 Å². The first-order valence-corrected chi connectivity index (χ1v) is 7.30. The molecule has 0 heterocycles. The molecule has 0 spiro atoms. The summed E-state index contributed by atoms with van der Waals surface area (Å²) in [4.78, 5) is 3.99. The molecule has 5 nitrogen and oxygen atoms in total. The monoisotopic (exact) mass is 461 g/mol. The Balaban J connectivity index is 0.00000529. The fourth-order valence-corrected chi connectivity index (χ4v) is 1.76. The molecule has 0 fully saturated rings. The molecule has 0 aromatic heterocycles. The Kier molecular flexibility index (Phi) is 11.6. The zero-order valence-corrected chi connectivity index (χ0v) is 16.0. The van der Waals surface area contributed by atoms with Crippen LogP contribution in [0.25, 0.3) is 0 Å². The highest BCUT2D eigenvalue weighted by atomic mass is 127. The second-order valence-corrected chi connectivity index (χ2v) is 4.47. The molecule has 0 aliphatic heterocycles. The molecule has 0 aliphatic carbocycles. The Morgan fingerprint density at radius 2 is 1.75 bits per heavy atom. The molecular formula is C15H23F3IN3O2. The fourth-order valence-electron chi connectivity index (χ4n) is 1.76. The average molecular weight is 461 g/mol. The molecule has 0 saturated heterocycles. The van der Waals surface area contributed by atoms with Crippen LogP contribution >= 0.6 is 24.0 Å². The van der Waals surface area contributed by atoms with E-state index in [1.54, 1.807) is 7.05 Å². The molecule has 138 valence electrons. The van der Waals surface area contributed by atoms with Crippen molar-refractivity contribution in [2.45, 2.75) is 13.1 Å². The minimum atomic E-state index is -4.43. The molecule has 0 radical (unpaired) electrons. The van der Waals surface area contributed by atoms with Gasteiger partial charge in [0.05, 0.1) is 18.7 Å². The molecule has 1 aromatic carbocycles. The largest absolute Gasteiger partial charge is 0.491 e. The molecule has 2 N–H and O–H groups in total. The van der Waals surface area contributed by atoms with Gasteiger partial charge in [-0.05, 0) is 19.1 Å². The van der Waals surface area contributed by atoms with Gasteiger partial charge < -0.3 is 20.1 Å². The SMILES string of the molecule is CCOCCNC(=NC)NCCOc1ccccc1C(F)(F)F.I. The summed E-state index contributed by atoms with van der Waals surface area (Å²) >= 11 is 0. The van der Waals surface area contributed by atoms with E-state index in [1.807, 2.05) is 6.92 Å². The number of hydrogen-bond acceptors (Lipinski definition) is 3. The number of para-hydroxylation sites is 1. The number of hydrogen-bond donors (Lipinski definition) is 2. The molecule has 9 heteroatoms. The minimum absolute atomic E-state index is 0. The van der Waals surface area contributed by atoms with Crippen molar-refractivity contribution < 1.29 is 22.6 Å². The van der Waals surface area contributed by atoms with Gasteiger partial charge in [0, 0.05) is 20.2 Å². The van der Waals surface area contributed by atoms with Gasteiger partial charge in [-0.2, -0.15) is 13.2 Å². The number of alkyl halides is 3. The summed E-state index contributed by atoms with van der Waals surface area (Å²) in [5.74, 6) is 0.360. The van der Waals surface area contributed by atoms with Crippen molar-refractivity contribution >= 4 is 29.9 Å². The highest BCUT2D eigenvalue weighted by Crippen LogP contribution is 2.35. The van der Waals surface area contributed by atoms with Gasteiger partial charge in [-0.1, -0.05) is 12.1 Å². The Morgan fingerprint density at radius 1 is 1.12 bits per heavy atom. The topological polar surface area (TPSA) is 54.9 Å². The van der Waals surface area contributed by atoms with E-state index in [0.29, 0.717) is 32.3 Å². The van der Waals surface area contributed by atoms with E-state index in [1.165, 1.54) is 18.2 Å². The van der Waals surface area contributed by atoms with Crippen molar-refractivity contribution in [3.05, 3.63) is 29.8 Å². The summed E-state index contributed by atoms with van der Waals surface area (Å²) in [6.07, 6.45) is -4.43. The van der Waals surface area contributed by atoms with Crippen molar-refractivity contribution in [1.82, 2.24) is 10.6 Å². The van der Waals surface area contributed by atoms with E-state index in [0.717, 1.165) is 6.07 Å². The number of nitrogens with one attached hydrogen (secondary N) is 2. The Labute approximate surface area is 157 Å². The molecule has 0 unspecified atom stereocenters. The van der Waals surface area contributed by atoms with Gasteiger partial charge >= 0.3 is 6.18 Å². The molecular weight excluding hydrogens is 438 g/mol. The van der Waals surface area contributed by atoms with E-state index in [-0.39, 0.29) is 36.3 Å². The highest BCUT2D eigenvalue weighted by Gasteiger charge is 2.33. The predicted octanol–water partition coefficient (Wildman–Crippen LogP) is 2.90. The summed E-state index contributed by atoms with van der Waals surface area (Å²) < 4.78 is 48.8. The third-order valence-corrected chi connectivity index (χ3v) is 2.81. The lowest BCUT2D eigenvalue weighted by Gasteiger charge is -2.15. The molecule has 1 rings (SSSR count). The molecule has 1 aromatic rings. The second kappa shape index (κ2) is 12.2. The van der Waals surface area contributed by atoms with Crippen molar-refractivity contribution in [2.24, 2.45) is 4.99 Å². The number of guanidine groups is 1. The van der Waals surface area contributed by atoms with Crippen molar-refractivity contribution in [3.8, 4) is 5.75 Å². The number of nitrogens with zero attached hydrogens (tertiary/aromatic N) is 1. The summed E-state index contributed by atoms with van der Waals surface area (Å²) in [7, 11) is 1.61. The summed E-state index contributed by atoms with van der Waals surface area (Å²) in [6, 6.07) is 5.14. The quantitative estimate of drug-likeness (QED) is 0.271. The lowest BCUT2D eigenvalue weighted by molar-refractivity contribution is -0.138. The van der Waals surface area contributed by atoms with Gasteiger partial charge in [0.15, 0.2) is 5.96 Å². The van der Waals surface area contributed by atoms with Gasteiger partial charge in [0.25, 0.3) is 0 Å². The smallest absolute Gasteiger partial charge is 0.419 e. The van der Waals surface area contributed by atoms with Crippen LogP contribution in [0, 0.1) is 0 Å². The third kappa shape index (κ3) is 8.57. The molecule has 0 aliphatic rings. The van der Waals surface area contributed by atoms with Gasteiger partial charge in [-0.3, -0.25) is 4.99 Å². The van der Waals surface area contributed by atoms with Gasteiger partial charge in [-0.25, -0.2) is 0 Å². The van der Waals surface area contributed by atoms with Crippen LogP contribution in [0.3, 0.4) is 0 Å². The Hall–Kier alpha value is -1.23. The first-order chi connectivity index (χ1) is 11.0. The number of aliphatic imine (C=N–C) groups is 1. The molecule has 0 bridgehead atoms. The predicted molar refractivity (Wildman–Crippen MR) is 98.2 cm³/mol. The number of ether oxygens (including phenoxy) is 2. The number of halogens is 4. The van der Waals surface area contributed by atoms with Crippen LogP contribution in [0.2, 0.25) is 0 Å². The van der Waals surface area contributed by atoms with Gasteiger partial charge in [0.1, 0.15) is 12.4 Å². The zero-order chi connectivity index (χ0) is 17.1. The van der Waals surface area contributed by atoms with Crippen LogP contribution < -0.4 is 15.4 Å². The summed E-state index contributed by atoms with van der Waals surface area (Å²) in [5.41, 5.74) is -0.778. The lowest BCUT2D eigenvalue weighted by Crippen LogP contribution is -2.40. The van der Waals surface area contributed by atoms with Crippen LogP contribution in [0.1, 0.15) is 12.5 Å². The first-order valence-electron chi connectivity index (χ1n) is 7.30. The number of benzene rings is 1. The maximum Gasteiger partial charge on any atom is 0.419 e. The maximum absolute atomic E-state index is 12.8. The lowest BCUT2D eigenvalue weighted by atomic mass is 10.2. The van der Waals surface area contributed by atoms with Crippen molar-refractivity contribution in [1.29, 1.82) is 0 Å². The van der Waals surface area contributed by atoms with Gasteiger partial charge in [0.2, 0.25) is 0 Å². The van der Waals surface area contributed by atoms with Crippen LogP contribution in [0.5, 0.6) is 5.75 Å². The van der Waals surface area contributed by atoms with Crippen LogP contribution in [0.4, 0.5) is 13.2 Å². The van der Waals surface area contributed by atoms with Crippen molar-refractivity contribution in [3.63, 3.8) is 0 Å². The summed E-state index contributed by atoms with van der Waals surface area (Å²) in [6.45, 7) is 4.08.